The smallest absolute Gasteiger partial charge is 0.271 e. The molecule has 1 saturated carbocycles. The first kappa shape index (κ1) is 13.8. The van der Waals surface area contributed by atoms with Crippen molar-refractivity contribution in [3.8, 4) is 0 Å². The van der Waals surface area contributed by atoms with Crippen LogP contribution in [0.15, 0.2) is 18.2 Å². The van der Waals surface area contributed by atoms with Crippen LogP contribution in [0.2, 0.25) is 0 Å². The fourth-order valence-corrected chi connectivity index (χ4v) is 2.87. The molecule has 2 atom stereocenters. The summed E-state index contributed by atoms with van der Waals surface area (Å²) in [6.07, 6.45) is 1.15. The molecule has 7 heteroatoms. The molecule has 1 aromatic carbocycles. The molecule has 0 aliphatic heterocycles. The summed E-state index contributed by atoms with van der Waals surface area (Å²) in [6.45, 7) is 4.30. The van der Waals surface area contributed by atoms with E-state index in [0.29, 0.717) is 17.0 Å². The monoisotopic (exact) mass is 290 g/mol. The molecule has 112 valence electrons. The minimum atomic E-state index is -0.411. The summed E-state index contributed by atoms with van der Waals surface area (Å²) in [7, 11) is 1.73. The fourth-order valence-electron chi connectivity index (χ4n) is 2.87. The van der Waals surface area contributed by atoms with Gasteiger partial charge in [0.1, 0.15) is 0 Å². The number of methoxy groups -OCH3 is 1. The SMILES string of the molecule is COC1CC(Nc2nc3ccc([N+](=O)[O-])cc3[nH]2)C1(C)C. The zero-order chi connectivity index (χ0) is 15.2. The molecule has 2 aromatic rings. The van der Waals surface area contributed by atoms with Crippen molar-refractivity contribution in [2.45, 2.75) is 32.4 Å². The van der Waals surface area contributed by atoms with Crippen LogP contribution < -0.4 is 5.32 Å². The Morgan fingerprint density at radius 1 is 1.52 bits per heavy atom. The molecule has 3 rings (SSSR count). The van der Waals surface area contributed by atoms with E-state index in [0.717, 1.165) is 6.42 Å². The lowest BCUT2D eigenvalue weighted by Crippen LogP contribution is -2.57. The second-order valence-electron chi connectivity index (χ2n) is 6.02. The molecule has 21 heavy (non-hydrogen) atoms. The number of benzene rings is 1. The van der Waals surface area contributed by atoms with Crippen molar-refractivity contribution >= 4 is 22.7 Å². The number of hydrogen-bond acceptors (Lipinski definition) is 5. The summed E-state index contributed by atoms with van der Waals surface area (Å²) >= 11 is 0. The van der Waals surface area contributed by atoms with Crippen molar-refractivity contribution < 1.29 is 9.66 Å². The number of aromatic nitrogens is 2. The Bertz CT molecular complexity index is 695. The third-order valence-electron chi connectivity index (χ3n) is 4.45. The number of nitrogens with one attached hydrogen (secondary N) is 2. The van der Waals surface area contributed by atoms with Crippen LogP contribution in [0.5, 0.6) is 0 Å². The van der Waals surface area contributed by atoms with E-state index >= 15 is 0 Å². The van der Waals surface area contributed by atoms with Crippen molar-refractivity contribution in [2.24, 2.45) is 5.41 Å². The zero-order valence-corrected chi connectivity index (χ0v) is 12.2. The first-order chi connectivity index (χ1) is 9.91. The average Bonchev–Trinajstić information content (AvgIpc) is 2.84. The maximum Gasteiger partial charge on any atom is 0.271 e. The number of rotatable bonds is 4. The highest BCUT2D eigenvalue weighted by molar-refractivity contribution is 5.79. The van der Waals surface area contributed by atoms with Crippen LogP contribution in [-0.2, 0) is 4.74 Å². The molecule has 7 nitrogen and oxygen atoms in total. The van der Waals surface area contributed by atoms with Gasteiger partial charge >= 0.3 is 0 Å². The van der Waals surface area contributed by atoms with Gasteiger partial charge in [0.15, 0.2) is 0 Å². The normalized spacial score (nSPS) is 23.8. The van der Waals surface area contributed by atoms with Crippen LogP contribution in [0, 0.1) is 15.5 Å². The maximum absolute atomic E-state index is 10.8. The lowest BCUT2D eigenvalue weighted by molar-refractivity contribution is -0.384. The Balaban J connectivity index is 1.81. The van der Waals surface area contributed by atoms with Crippen molar-refractivity contribution in [2.75, 3.05) is 12.4 Å². The maximum atomic E-state index is 10.8. The van der Waals surface area contributed by atoms with Crippen LogP contribution in [0.3, 0.4) is 0 Å². The minimum absolute atomic E-state index is 0.0275. The van der Waals surface area contributed by atoms with Crippen LogP contribution >= 0.6 is 0 Å². The molecule has 1 aliphatic carbocycles. The highest BCUT2D eigenvalue weighted by atomic mass is 16.6. The molecule has 0 saturated heterocycles. The second-order valence-corrected chi connectivity index (χ2v) is 6.02. The van der Waals surface area contributed by atoms with E-state index in [2.05, 4.69) is 29.1 Å². The van der Waals surface area contributed by atoms with Crippen LogP contribution in [0.25, 0.3) is 11.0 Å². The number of ether oxygens (including phenoxy) is 1. The van der Waals surface area contributed by atoms with Gasteiger partial charge in [0, 0.05) is 30.7 Å². The van der Waals surface area contributed by atoms with Crippen molar-refractivity contribution in [1.29, 1.82) is 0 Å². The molecule has 0 amide bonds. The number of nitro benzene ring substituents is 1. The number of non-ortho nitro benzene ring substituents is 1. The van der Waals surface area contributed by atoms with Crippen molar-refractivity contribution in [3.63, 3.8) is 0 Å². The van der Waals surface area contributed by atoms with E-state index in [1.807, 2.05) is 0 Å². The van der Waals surface area contributed by atoms with Gasteiger partial charge in [-0.05, 0) is 12.5 Å². The molecular weight excluding hydrogens is 272 g/mol. The lowest BCUT2D eigenvalue weighted by Gasteiger charge is -2.51. The summed E-state index contributed by atoms with van der Waals surface area (Å²) < 4.78 is 5.42. The Morgan fingerprint density at radius 3 is 2.90 bits per heavy atom. The number of aromatic amines is 1. The van der Waals surface area contributed by atoms with Crippen molar-refractivity contribution in [3.05, 3.63) is 28.3 Å². The Hall–Kier alpha value is -2.15. The van der Waals surface area contributed by atoms with E-state index in [1.165, 1.54) is 12.1 Å². The van der Waals surface area contributed by atoms with Gasteiger partial charge in [-0.3, -0.25) is 10.1 Å². The lowest BCUT2D eigenvalue weighted by atomic mass is 9.64. The molecule has 0 spiro atoms. The van der Waals surface area contributed by atoms with Gasteiger partial charge in [-0.25, -0.2) is 4.98 Å². The van der Waals surface area contributed by atoms with E-state index in [-0.39, 0.29) is 23.2 Å². The summed E-state index contributed by atoms with van der Waals surface area (Å²) in [5.74, 6) is 0.637. The summed E-state index contributed by atoms with van der Waals surface area (Å²) in [6, 6.07) is 4.87. The summed E-state index contributed by atoms with van der Waals surface area (Å²) in [5, 5.41) is 14.1. The minimum Gasteiger partial charge on any atom is -0.381 e. The number of nitrogens with zero attached hydrogens (tertiary/aromatic N) is 2. The number of imidazole rings is 1. The van der Waals surface area contributed by atoms with Gasteiger partial charge in [-0.15, -0.1) is 0 Å². The predicted octanol–water partition coefficient (Wildman–Crippen LogP) is 2.70. The van der Waals surface area contributed by atoms with Crippen LogP contribution in [-0.4, -0.2) is 34.1 Å². The quantitative estimate of drug-likeness (QED) is 0.667. The van der Waals surface area contributed by atoms with E-state index in [9.17, 15) is 10.1 Å². The van der Waals surface area contributed by atoms with E-state index < -0.39 is 4.92 Å². The third-order valence-corrected chi connectivity index (χ3v) is 4.45. The Morgan fingerprint density at radius 2 is 2.29 bits per heavy atom. The average molecular weight is 290 g/mol. The molecule has 1 fully saturated rings. The highest BCUT2D eigenvalue weighted by Gasteiger charge is 2.48. The molecule has 2 unspecified atom stereocenters. The Labute approximate surface area is 121 Å². The van der Waals surface area contributed by atoms with Crippen LogP contribution in [0.4, 0.5) is 11.6 Å². The molecule has 1 aromatic heterocycles. The predicted molar refractivity (Wildman–Crippen MR) is 79.4 cm³/mol. The standard InChI is InChI=1S/C14H18N4O3/c1-14(2)11(7-12(14)21-3)17-13-15-9-5-4-8(18(19)20)6-10(9)16-13/h4-6,11-12H,7H2,1-3H3,(H2,15,16,17). The zero-order valence-electron chi connectivity index (χ0n) is 12.2. The molecular formula is C14H18N4O3. The Kier molecular flexibility index (Phi) is 3.09. The first-order valence-electron chi connectivity index (χ1n) is 6.85. The summed E-state index contributed by atoms with van der Waals surface area (Å²) in [4.78, 5) is 17.9. The van der Waals surface area contributed by atoms with E-state index in [4.69, 9.17) is 4.74 Å². The third kappa shape index (κ3) is 2.23. The molecule has 0 radical (unpaired) electrons. The van der Waals surface area contributed by atoms with Gasteiger partial charge in [0.2, 0.25) is 5.95 Å². The highest BCUT2D eigenvalue weighted by Crippen LogP contribution is 2.43. The van der Waals surface area contributed by atoms with Gasteiger partial charge < -0.3 is 15.0 Å². The first-order valence-corrected chi connectivity index (χ1v) is 6.85. The van der Waals surface area contributed by atoms with Gasteiger partial charge in [-0.2, -0.15) is 0 Å². The largest absolute Gasteiger partial charge is 0.381 e. The van der Waals surface area contributed by atoms with Gasteiger partial charge in [0.05, 0.1) is 22.1 Å². The number of hydrogen-bond donors (Lipinski definition) is 2. The molecule has 1 heterocycles. The number of anilines is 1. The topological polar surface area (TPSA) is 93.1 Å². The van der Waals surface area contributed by atoms with E-state index in [1.54, 1.807) is 13.2 Å². The fraction of sp³-hybridized carbons (Fsp3) is 0.500. The summed E-state index contributed by atoms with van der Waals surface area (Å²) in [5.41, 5.74) is 1.46. The van der Waals surface area contributed by atoms with Crippen LogP contribution in [0.1, 0.15) is 20.3 Å². The number of fused-ring (bicyclic) bond motifs is 1. The van der Waals surface area contributed by atoms with Gasteiger partial charge in [-0.1, -0.05) is 13.8 Å². The second kappa shape index (κ2) is 4.70. The number of nitro groups is 1. The number of H-pyrrole nitrogens is 1. The molecule has 0 bridgehead atoms. The molecule has 1 aliphatic rings. The molecule has 2 N–H and O–H groups in total. The van der Waals surface area contributed by atoms with Crippen molar-refractivity contribution in [1.82, 2.24) is 9.97 Å². The van der Waals surface area contributed by atoms with Gasteiger partial charge in [0.25, 0.3) is 5.69 Å².